The summed E-state index contributed by atoms with van der Waals surface area (Å²) in [6.07, 6.45) is -0.431. The van der Waals surface area contributed by atoms with E-state index in [1.807, 2.05) is 41.5 Å². The van der Waals surface area contributed by atoms with Crippen molar-refractivity contribution in [1.29, 1.82) is 0 Å². The molecule has 25 heavy (non-hydrogen) atoms. The number of halogens is 1. The van der Waals surface area contributed by atoms with Crippen LogP contribution in [0.15, 0.2) is 4.99 Å². The van der Waals surface area contributed by atoms with Gasteiger partial charge in [0, 0.05) is 18.5 Å². The molecule has 0 aromatic carbocycles. The molecule has 0 aliphatic carbocycles. The molecule has 0 bridgehead atoms. The van der Waals surface area contributed by atoms with Crippen molar-refractivity contribution >= 4 is 36.0 Å². The minimum Gasteiger partial charge on any atom is -0.444 e. The normalized spacial score (nSPS) is 17.0. The molecule has 7 nitrogen and oxygen atoms in total. The van der Waals surface area contributed by atoms with E-state index in [-0.39, 0.29) is 29.4 Å². The number of ether oxygens (including phenoxy) is 2. The maximum Gasteiger partial charge on any atom is 0.408 e. The van der Waals surface area contributed by atoms with Crippen LogP contribution in [-0.2, 0) is 9.47 Å². The van der Waals surface area contributed by atoms with Crippen molar-refractivity contribution in [3.8, 4) is 0 Å². The molecule has 1 rings (SSSR count). The summed E-state index contributed by atoms with van der Waals surface area (Å²) >= 11 is 0. The number of nitrogens with one attached hydrogen (secondary N) is 3. The lowest BCUT2D eigenvalue weighted by atomic mass is 9.89. The van der Waals surface area contributed by atoms with E-state index in [1.165, 1.54) is 0 Å². The predicted molar refractivity (Wildman–Crippen MR) is 112 cm³/mol. The smallest absolute Gasteiger partial charge is 0.408 e. The first-order chi connectivity index (χ1) is 10.9. The van der Waals surface area contributed by atoms with Gasteiger partial charge in [-0.05, 0) is 41.5 Å². The molecule has 1 aliphatic heterocycles. The van der Waals surface area contributed by atoms with Gasteiger partial charge >= 0.3 is 6.09 Å². The number of aliphatic imine (C=N–C) groups is 1. The topological polar surface area (TPSA) is 84.0 Å². The highest BCUT2D eigenvalue weighted by molar-refractivity contribution is 14.0. The molecule has 0 saturated carbocycles. The van der Waals surface area contributed by atoms with Crippen molar-refractivity contribution in [3.05, 3.63) is 0 Å². The first-order valence-corrected chi connectivity index (χ1v) is 8.56. The third-order valence-electron chi connectivity index (χ3n) is 3.40. The number of alkyl carbamates (subject to hydrolysis) is 1. The second kappa shape index (κ2) is 9.80. The van der Waals surface area contributed by atoms with Crippen LogP contribution < -0.4 is 16.0 Å². The molecule has 1 saturated heterocycles. The zero-order chi connectivity index (χ0) is 18.4. The molecule has 0 aromatic rings. The fourth-order valence-electron chi connectivity index (χ4n) is 2.09. The van der Waals surface area contributed by atoms with Crippen molar-refractivity contribution in [2.24, 2.45) is 10.4 Å². The zero-order valence-electron chi connectivity index (χ0n) is 16.6. The molecule has 8 heteroatoms. The number of nitrogens with zero attached hydrogens (tertiary/aromatic N) is 1. The van der Waals surface area contributed by atoms with Crippen LogP contribution in [0.3, 0.4) is 0 Å². The second-order valence-electron chi connectivity index (χ2n) is 8.36. The molecule has 1 amide bonds. The quantitative estimate of drug-likeness (QED) is 0.316. The molecule has 148 valence electrons. The van der Waals surface area contributed by atoms with Gasteiger partial charge in [-0.25, -0.2) is 4.79 Å². The van der Waals surface area contributed by atoms with Gasteiger partial charge in [-0.1, -0.05) is 6.92 Å². The van der Waals surface area contributed by atoms with Gasteiger partial charge in [-0.2, -0.15) is 0 Å². The van der Waals surface area contributed by atoms with E-state index in [2.05, 4.69) is 27.9 Å². The molecule has 3 N–H and O–H groups in total. The Balaban J connectivity index is 0.00000576. The van der Waals surface area contributed by atoms with Crippen molar-refractivity contribution in [2.45, 2.75) is 59.6 Å². The summed E-state index contributed by atoms with van der Waals surface area (Å²) in [7, 11) is 0. The van der Waals surface area contributed by atoms with Gasteiger partial charge in [-0.15, -0.1) is 24.0 Å². The summed E-state index contributed by atoms with van der Waals surface area (Å²) in [4.78, 5) is 16.5. The molecule has 0 atom stereocenters. The number of carbonyl (C=O) groups excluding carboxylic acids is 1. The van der Waals surface area contributed by atoms with E-state index in [1.54, 1.807) is 0 Å². The Morgan fingerprint density at radius 3 is 2.24 bits per heavy atom. The van der Waals surface area contributed by atoms with Gasteiger partial charge in [0.15, 0.2) is 5.96 Å². The van der Waals surface area contributed by atoms with Gasteiger partial charge in [0.05, 0.1) is 25.3 Å². The van der Waals surface area contributed by atoms with Gasteiger partial charge in [0.1, 0.15) is 5.60 Å². The van der Waals surface area contributed by atoms with E-state index in [9.17, 15) is 4.79 Å². The first-order valence-electron chi connectivity index (χ1n) is 8.56. The van der Waals surface area contributed by atoms with Crippen LogP contribution in [0, 0.1) is 5.41 Å². The fourth-order valence-corrected chi connectivity index (χ4v) is 2.09. The van der Waals surface area contributed by atoms with Crippen LogP contribution in [0.1, 0.15) is 48.5 Å². The van der Waals surface area contributed by atoms with Crippen LogP contribution in [0.25, 0.3) is 0 Å². The summed E-state index contributed by atoms with van der Waals surface area (Å²) in [5, 5.41) is 9.43. The molecule has 0 unspecified atom stereocenters. The maximum atomic E-state index is 11.9. The zero-order valence-corrected chi connectivity index (χ0v) is 18.9. The van der Waals surface area contributed by atoms with Crippen LogP contribution in [0.5, 0.6) is 0 Å². The molecule has 1 heterocycles. The van der Waals surface area contributed by atoms with Gasteiger partial charge < -0.3 is 25.4 Å². The highest BCUT2D eigenvalue weighted by Crippen LogP contribution is 2.24. The standard InChI is InChI=1S/C17H34N4O3.HI/c1-8-18-13(20-10-17(7)11-23-12-17)19-9-16(5,6)21-14(22)24-15(2,3)4;/h8-12H2,1-7H3,(H,21,22)(H2,18,19,20);1H. The van der Waals surface area contributed by atoms with Gasteiger partial charge in [0.25, 0.3) is 0 Å². The minimum absolute atomic E-state index is 0. The molecular weight excluding hydrogens is 435 g/mol. The number of amides is 1. The summed E-state index contributed by atoms with van der Waals surface area (Å²) in [5.41, 5.74) is -0.852. The van der Waals surface area contributed by atoms with E-state index < -0.39 is 17.2 Å². The lowest BCUT2D eigenvalue weighted by molar-refractivity contribution is -0.0971. The van der Waals surface area contributed by atoms with Crippen LogP contribution in [0.2, 0.25) is 0 Å². The molecular formula is C17H35IN4O3. The van der Waals surface area contributed by atoms with Crippen molar-refractivity contribution < 1.29 is 14.3 Å². The number of rotatable bonds is 6. The average Bonchev–Trinajstić information content (AvgIpc) is 2.37. The fraction of sp³-hybridized carbons (Fsp3) is 0.882. The van der Waals surface area contributed by atoms with E-state index >= 15 is 0 Å². The lowest BCUT2D eigenvalue weighted by Crippen LogP contribution is -2.52. The van der Waals surface area contributed by atoms with Crippen molar-refractivity contribution in [3.63, 3.8) is 0 Å². The minimum atomic E-state index is -0.514. The predicted octanol–water partition coefficient (Wildman–Crippen LogP) is 2.50. The summed E-state index contributed by atoms with van der Waals surface area (Å²) in [6.45, 7) is 17.1. The Morgan fingerprint density at radius 1 is 1.20 bits per heavy atom. The summed E-state index contributed by atoms with van der Waals surface area (Å²) in [5.74, 6) is 0.740. The Bertz CT molecular complexity index is 457. The monoisotopic (exact) mass is 470 g/mol. The molecule has 0 aromatic heterocycles. The van der Waals surface area contributed by atoms with E-state index in [0.29, 0.717) is 6.54 Å². The maximum absolute atomic E-state index is 11.9. The number of hydrogen-bond acceptors (Lipinski definition) is 4. The van der Waals surface area contributed by atoms with Gasteiger partial charge in [-0.3, -0.25) is 4.99 Å². The highest BCUT2D eigenvalue weighted by Gasteiger charge is 2.33. The largest absolute Gasteiger partial charge is 0.444 e. The Kier molecular flexibility index (Phi) is 9.50. The third kappa shape index (κ3) is 10.1. The van der Waals surface area contributed by atoms with Crippen LogP contribution in [-0.4, -0.2) is 56.0 Å². The van der Waals surface area contributed by atoms with E-state index in [0.717, 1.165) is 32.3 Å². The van der Waals surface area contributed by atoms with Crippen LogP contribution >= 0.6 is 24.0 Å². The van der Waals surface area contributed by atoms with Gasteiger partial charge in [0.2, 0.25) is 0 Å². The SMILES string of the molecule is CCNC(=NCC(C)(C)NC(=O)OC(C)(C)C)NCC1(C)COC1.I. The Labute approximate surface area is 169 Å². The van der Waals surface area contributed by atoms with Crippen molar-refractivity contribution in [2.75, 3.05) is 32.8 Å². The van der Waals surface area contributed by atoms with Crippen LogP contribution in [0.4, 0.5) is 4.79 Å². The molecule has 0 spiro atoms. The summed E-state index contributed by atoms with van der Waals surface area (Å²) < 4.78 is 10.6. The number of hydrogen-bond donors (Lipinski definition) is 3. The third-order valence-corrected chi connectivity index (χ3v) is 3.40. The molecule has 1 aliphatic rings. The van der Waals surface area contributed by atoms with Crippen molar-refractivity contribution in [1.82, 2.24) is 16.0 Å². The second-order valence-corrected chi connectivity index (χ2v) is 8.36. The Morgan fingerprint density at radius 2 is 1.80 bits per heavy atom. The molecule has 1 fully saturated rings. The molecule has 0 radical (unpaired) electrons. The number of guanidine groups is 1. The number of carbonyl (C=O) groups is 1. The summed E-state index contributed by atoms with van der Waals surface area (Å²) in [6, 6.07) is 0. The highest BCUT2D eigenvalue weighted by atomic mass is 127. The Hall–Kier alpha value is -0.770. The van der Waals surface area contributed by atoms with E-state index in [4.69, 9.17) is 9.47 Å². The first kappa shape index (κ1) is 24.2. The average molecular weight is 470 g/mol. The lowest BCUT2D eigenvalue weighted by Gasteiger charge is -2.38.